The number of nitrogens with one attached hydrogen (secondary N) is 2. The molecule has 0 radical (unpaired) electrons. The van der Waals surface area contributed by atoms with Crippen LogP contribution in [0.4, 0.5) is 4.39 Å². The van der Waals surface area contributed by atoms with Crippen molar-refractivity contribution in [2.45, 2.75) is 45.8 Å². The molecule has 0 saturated carbocycles. The van der Waals surface area contributed by atoms with Crippen LogP contribution in [0.3, 0.4) is 0 Å². The van der Waals surface area contributed by atoms with Crippen molar-refractivity contribution < 1.29 is 4.39 Å². The van der Waals surface area contributed by atoms with Gasteiger partial charge in [-0.15, -0.1) is 0 Å². The van der Waals surface area contributed by atoms with Crippen molar-refractivity contribution in [3.63, 3.8) is 0 Å². The lowest BCUT2D eigenvalue weighted by atomic mass is 10.1. The van der Waals surface area contributed by atoms with E-state index in [1.807, 2.05) is 6.07 Å². The van der Waals surface area contributed by atoms with E-state index in [0.29, 0.717) is 12.6 Å². The highest BCUT2D eigenvalue weighted by Gasteiger charge is 2.10. The van der Waals surface area contributed by atoms with E-state index >= 15 is 0 Å². The zero-order valence-corrected chi connectivity index (χ0v) is 12.2. The standard InChI is InChI=1S/C14H22ClFN2/c1-10(8-18-14(2,3)4)17-9-11-5-6-12(15)13(16)7-11/h5-7,10,17-18H,8-9H2,1-4H3. The van der Waals surface area contributed by atoms with Gasteiger partial charge in [-0.25, -0.2) is 4.39 Å². The Balaban J connectivity index is 2.38. The van der Waals surface area contributed by atoms with E-state index in [-0.39, 0.29) is 16.4 Å². The van der Waals surface area contributed by atoms with E-state index in [4.69, 9.17) is 11.6 Å². The minimum atomic E-state index is -0.364. The van der Waals surface area contributed by atoms with Crippen molar-refractivity contribution in [3.8, 4) is 0 Å². The molecule has 102 valence electrons. The summed E-state index contributed by atoms with van der Waals surface area (Å²) in [5.74, 6) is -0.364. The summed E-state index contributed by atoms with van der Waals surface area (Å²) >= 11 is 5.64. The van der Waals surface area contributed by atoms with Crippen molar-refractivity contribution in [2.24, 2.45) is 0 Å². The fourth-order valence-corrected chi connectivity index (χ4v) is 1.59. The Hall–Kier alpha value is -0.640. The third-order valence-electron chi connectivity index (χ3n) is 2.58. The maximum absolute atomic E-state index is 13.2. The average Bonchev–Trinajstić information content (AvgIpc) is 2.27. The smallest absolute Gasteiger partial charge is 0.142 e. The molecule has 0 aliphatic carbocycles. The van der Waals surface area contributed by atoms with Crippen LogP contribution in [0.25, 0.3) is 0 Å². The van der Waals surface area contributed by atoms with Crippen molar-refractivity contribution in [2.75, 3.05) is 6.54 Å². The lowest BCUT2D eigenvalue weighted by Gasteiger charge is -2.24. The molecule has 0 spiro atoms. The highest BCUT2D eigenvalue weighted by atomic mass is 35.5. The third-order valence-corrected chi connectivity index (χ3v) is 2.88. The molecule has 2 N–H and O–H groups in total. The maximum atomic E-state index is 13.2. The van der Waals surface area contributed by atoms with E-state index in [1.165, 1.54) is 6.07 Å². The highest BCUT2D eigenvalue weighted by molar-refractivity contribution is 6.30. The molecule has 0 bridgehead atoms. The Kier molecular flexibility index (Phi) is 5.57. The lowest BCUT2D eigenvalue weighted by Crippen LogP contribution is -2.44. The molecular formula is C14H22ClFN2. The molecule has 2 nitrogen and oxygen atoms in total. The van der Waals surface area contributed by atoms with Crippen LogP contribution >= 0.6 is 11.6 Å². The van der Waals surface area contributed by atoms with Crippen LogP contribution in [0, 0.1) is 5.82 Å². The van der Waals surface area contributed by atoms with E-state index < -0.39 is 0 Å². The van der Waals surface area contributed by atoms with Gasteiger partial charge in [0, 0.05) is 24.7 Å². The summed E-state index contributed by atoms with van der Waals surface area (Å²) < 4.78 is 13.2. The van der Waals surface area contributed by atoms with Crippen LogP contribution in [-0.2, 0) is 6.54 Å². The molecule has 1 aromatic rings. The van der Waals surface area contributed by atoms with Crippen molar-refractivity contribution in [1.82, 2.24) is 10.6 Å². The third kappa shape index (κ3) is 5.80. The predicted octanol–water partition coefficient (Wildman–Crippen LogP) is 3.35. The van der Waals surface area contributed by atoms with Gasteiger partial charge >= 0.3 is 0 Å². The van der Waals surface area contributed by atoms with Gasteiger partial charge in [0.1, 0.15) is 5.82 Å². The van der Waals surface area contributed by atoms with Gasteiger partial charge in [0.2, 0.25) is 0 Å². The Labute approximate surface area is 114 Å². The molecule has 18 heavy (non-hydrogen) atoms. The van der Waals surface area contributed by atoms with E-state index in [9.17, 15) is 4.39 Å². The Morgan fingerprint density at radius 2 is 2.00 bits per heavy atom. The molecule has 4 heteroatoms. The largest absolute Gasteiger partial charge is 0.311 e. The zero-order chi connectivity index (χ0) is 13.8. The summed E-state index contributed by atoms with van der Waals surface area (Å²) in [6.45, 7) is 10.0. The molecule has 1 unspecified atom stereocenters. The summed E-state index contributed by atoms with van der Waals surface area (Å²) in [6.07, 6.45) is 0. The summed E-state index contributed by atoms with van der Waals surface area (Å²) in [7, 11) is 0. The molecule has 0 aliphatic heterocycles. The first kappa shape index (κ1) is 15.4. The van der Waals surface area contributed by atoms with Gasteiger partial charge < -0.3 is 10.6 Å². The van der Waals surface area contributed by atoms with Crippen LogP contribution in [0.5, 0.6) is 0 Å². The molecule has 1 atom stereocenters. The molecule has 1 aromatic carbocycles. The molecular weight excluding hydrogens is 251 g/mol. The van der Waals surface area contributed by atoms with Crippen LogP contribution in [-0.4, -0.2) is 18.1 Å². The van der Waals surface area contributed by atoms with Gasteiger partial charge in [-0.1, -0.05) is 17.7 Å². The Morgan fingerprint density at radius 3 is 2.56 bits per heavy atom. The zero-order valence-electron chi connectivity index (χ0n) is 11.5. The number of benzene rings is 1. The molecule has 0 saturated heterocycles. The lowest BCUT2D eigenvalue weighted by molar-refractivity contribution is 0.387. The summed E-state index contributed by atoms with van der Waals surface area (Å²) in [6, 6.07) is 5.22. The second-order valence-corrected chi connectivity index (χ2v) is 6.07. The quantitative estimate of drug-likeness (QED) is 0.859. The monoisotopic (exact) mass is 272 g/mol. The van der Waals surface area contributed by atoms with Crippen LogP contribution in [0.1, 0.15) is 33.3 Å². The van der Waals surface area contributed by atoms with Gasteiger partial charge in [0.15, 0.2) is 0 Å². The molecule has 1 rings (SSSR count). The Morgan fingerprint density at radius 1 is 1.33 bits per heavy atom. The van der Waals surface area contributed by atoms with Gasteiger partial charge in [-0.05, 0) is 45.4 Å². The second-order valence-electron chi connectivity index (χ2n) is 5.66. The van der Waals surface area contributed by atoms with E-state index in [2.05, 4.69) is 38.3 Å². The van der Waals surface area contributed by atoms with E-state index in [0.717, 1.165) is 12.1 Å². The first-order valence-electron chi connectivity index (χ1n) is 6.20. The Bertz CT molecular complexity index is 388. The van der Waals surface area contributed by atoms with Crippen LogP contribution < -0.4 is 10.6 Å². The van der Waals surface area contributed by atoms with Gasteiger partial charge in [0.25, 0.3) is 0 Å². The first-order valence-corrected chi connectivity index (χ1v) is 6.58. The second kappa shape index (κ2) is 6.50. The summed E-state index contributed by atoms with van der Waals surface area (Å²) in [4.78, 5) is 0. The fraction of sp³-hybridized carbons (Fsp3) is 0.571. The van der Waals surface area contributed by atoms with Crippen molar-refractivity contribution >= 4 is 11.6 Å². The van der Waals surface area contributed by atoms with Crippen molar-refractivity contribution in [3.05, 3.63) is 34.6 Å². The van der Waals surface area contributed by atoms with Crippen LogP contribution in [0.2, 0.25) is 5.02 Å². The number of hydrogen-bond donors (Lipinski definition) is 2. The number of hydrogen-bond acceptors (Lipinski definition) is 2. The number of halogens is 2. The predicted molar refractivity (Wildman–Crippen MR) is 75.5 cm³/mol. The first-order chi connectivity index (χ1) is 8.28. The molecule has 0 amide bonds. The SMILES string of the molecule is CC(CNC(C)(C)C)NCc1ccc(Cl)c(F)c1. The molecule has 0 aromatic heterocycles. The summed E-state index contributed by atoms with van der Waals surface area (Å²) in [5.41, 5.74) is 1.02. The number of rotatable bonds is 5. The molecule has 0 heterocycles. The maximum Gasteiger partial charge on any atom is 0.142 e. The molecule has 0 fully saturated rings. The summed E-state index contributed by atoms with van der Waals surface area (Å²) in [5, 5.41) is 6.93. The van der Waals surface area contributed by atoms with Gasteiger partial charge in [-0.3, -0.25) is 0 Å². The molecule has 0 aliphatic rings. The van der Waals surface area contributed by atoms with E-state index in [1.54, 1.807) is 6.07 Å². The minimum absolute atomic E-state index is 0.113. The van der Waals surface area contributed by atoms with Gasteiger partial charge in [0.05, 0.1) is 5.02 Å². The fourth-order valence-electron chi connectivity index (χ4n) is 1.47. The average molecular weight is 273 g/mol. The van der Waals surface area contributed by atoms with Gasteiger partial charge in [-0.2, -0.15) is 0 Å². The van der Waals surface area contributed by atoms with Crippen molar-refractivity contribution in [1.29, 1.82) is 0 Å². The minimum Gasteiger partial charge on any atom is -0.311 e. The normalized spacial score (nSPS) is 13.7. The van der Waals surface area contributed by atoms with Crippen LogP contribution in [0.15, 0.2) is 18.2 Å². The highest BCUT2D eigenvalue weighted by Crippen LogP contribution is 2.15. The topological polar surface area (TPSA) is 24.1 Å².